The van der Waals surface area contributed by atoms with Gasteiger partial charge in [0.15, 0.2) is 0 Å². The second kappa shape index (κ2) is 4.28. The quantitative estimate of drug-likeness (QED) is 0.774. The van der Waals surface area contributed by atoms with Crippen LogP contribution in [-0.2, 0) is 6.42 Å². The van der Waals surface area contributed by atoms with E-state index in [0.29, 0.717) is 0 Å². The summed E-state index contributed by atoms with van der Waals surface area (Å²) in [7, 11) is 0. The summed E-state index contributed by atoms with van der Waals surface area (Å²) in [6, 6.07) is 9.94. The lowest BCUT2D eigenvalue weighted by atomic mass is 10.3. The van der Waals surface area contributed by atoms with E-state index in [2.05, 4.69) is 22.9 Å². The van der Waals surface area contributed by atoms with Crippen LogP contribution in [0.1, 0.15) is 5.69 Å². The maximum absolute atomic E-state index is 4.15. The zero-order chi connectivity index (χ0) is 9.80. The van der Waals surface area contributed by atoms with Crippen molar-refractivity contribution in [2.45, 2.75) is 6.42 Å². The molecule has 3 nitrogen and oxygen atoms in total. The average Bonchev–Trinajstić information content (AvgIpc) is 2.68. The van der Waals surface area contributed by atoms with Crippen LogP contribution in [-0.4, -0.2) is 20.7 Å². The van der Waals surface area contributed by atoms with Gasteiger partial charge in [0.1, 0.15) is 0 Å². The van der Waals surface area contributed by atoms with E-state index < -0.39 is 0 Å². The van der Waals surface area contributed by atoms with Crippen molar-refractivity contribution in [1.29, 1.82) is 0 Å². The lowest BCUT2D eigenvalue weighted by Gasteiger charge is -1.96. The van der Waals surface area contributed by atoms with Crippen molar-refractivity contribution in [3.63, 3.8) is 0 Å². The van der Waals surface area contributed by atoms with Crippen LogP contribution in [0, 0.1) is 0 Å². The molecule has 2 rings (SSSR count). The molecule has 14 heavy (non-hydrogen) atoms. The first-order valence-corrected chi connectivity index (χ1v) is 5.11. The van der Waals surface area contributed by atoms with E-state index in [1.807, 2.05) is 36.5 Å². The van der Waals surface area contributed by atoms with Crippen molar-refractivity contribution in [3.8, 4) is 5.69 Å². The highest BCUT2D eigenvalue weighted by Crippen LogP contribution is 2.05. The second-order valence-electron chi connectivity index (χ2n) is 2.96. The monoisotopic (exact) mass is 205 g/mol. The molecule has 1 heterocycles. The summed E-state index contributed by atoms with van der Waals surface area (Å²) in [6.07, 6.45) is 2.79. The third-order valence-corrected chi connectivity index (χ3v) is 2.15. The van der Waals surface area contributed by atoms with Gasteiger partial charge in [-0.15, -0.1) is 5.10 Å². The Labute approximate surface area is 88.2 Å². The second-order valence-corrected chi connectivity index (χ2v) is 3.41. The molecular formula is C10H11N3S. The molecule has 0 aliphatic heterocycles. The molecule has 4 heteroatoms. The van der Waals surface area contributed by atoms with E-state index in [9.17, 15) is 0 Å². The zero-order valence-electron chi connectivity index (χ0n) is 7.67. The molecule has 0 N–H and O–H groups in total. The van der Waals surface area contributed by atoms with Gasteiger partial charge in [0, 0.05) is 6.42 Å². The maximum atomic E-state index is 4.15. The van der Waals surface area contributed by atoms with Crippen molar-refractivity contribution in [2.24, 2.45) is 0 Å². The van der Waals surface area contributed by atoms with Crippen LogP contribution in [0.4, 0.5) is 0 Å². The number of para-hydroxylation sites is 1. The molecule has 0 bridgehead atoms. The minimum absolute atomic E-state index is 0.799. The first-order valence-electron chi connectivity index (χ1n) is 4.47. The third kappa shape index (κ3) is 1.96. The Bertz CT molecular complexity index is 397. The number of rotatable bonds is 3. The molecule has 0 aliphatic carbocycles. The smallest absolute Gasteiger partial charge is 0.0839 e. The number of thiol groups is 1. The van der Waals surface area contributed by atoms with Gasteiger partial charge < -0.3 is 0 Å². The van der Waals surface area contributed by atoms with Gasteiger partial charge in [-0.05, 0) is 17.9 Å². The molecule has 0 amide bonds. The van der Waals surface area contributed by atoms with Crippen molar-refractivity contribution in [1.82, 2.24) is 15.0 Å². The fourth-order valence-electron chi connectivity index (χ4n) is 1.23. The number of nitrogens with zero attached hydrogens (tertiary/aromatic N) is 3. The molecule has 0 saturated heterocycles. The highest BCUT2D eigenvalue weighted by atomic mass is 32.1. The molecule has 1 aromatic carbocycles. The van der Waals surface area contributed by atoms with Gasteiger partial charge >= 0.3 is 0 Å². The summed E-state index contributed by atoms with van der Waals surface area (Å²) < 4.78 is 1.78. The molecule has 0 saturated carbocycles. The van der Waals surface area contributed by atoms with Gasteiger partial charge in [0.25, 0.3) is 0 Å². The lowest BCUT2D eigenvalue weighted by molar-refractivity contribution is 0.798. The molecule has 0 aliphatic rings. The number of benzene rings is 1. The van der Waals surface area contributed by atoms with Gasteiger partial charge in [-0.2, -0.15) is 12.6 Å². The molecule has 0 fully saturated rings. The van der Waals surface area contributed by atoms with E-state index in [1.54, 1.807) is 4.68 Å². The van der Waals surface area contributed by atoms with E-state index in [-0.39, 0.29) is 0 Å². The molecule has 0 spiro atoms. The van der Waals surface area contributed by atoms with Crippen LogP contribution in [0.25, 0.3) is 5.69 Å². The van der Waals surface area contributed by atoms with Gasteiger partial charge in [0.05, 0.1) is 17.6 Å². The summed E-state index contributed by atoms with van der Waals surface area (Å²) >= 11 is 4.15. The maximum Gasteiger partial charge on any atom is 0.0839 e. The van der Waals surface area contributed by atoms with Crippen LogP contribution >= 0.6 is 12.6 Å². The largest absolute Gasteiger partial charge is 0.220 e. The predicted octanol–water partition coefficient (Wildman–Crippen LogP) is 1.74. The van der Waals surface area contributed by atoms with Crippen molar-refractivity contribution < 1.29 is 0 Å². The summed E-state index contributed by atoms with van der Waals surface area (Å²) in [5.41, 5.74) is 2.01. The average molecular weight is 205 g/mol. The highest BCUT2D eigenvalue weighted by Gasteiger charge is 2.00. The summed E-state index contributed by atoms with van der Waals surface area (Å²) in [5.74, 6) is 0.799. The van der Waals surface area contributed by atoms with Crippen LogP contribution in [0.5, 0.6) is 0 Å². The number of aromatic nitrogens is 3. The first-order chi connectivity index (χ1) is 6.90. The third-order valence-electron chi connectivity index (χ3n) is 1.93. The molecule has 1 aromatic heterocycles. The van der Waals surface area contributed by atoms with E-state index >= 15 is 0 Å². The molecule has 2 aromatic rings. The van der Waals surface area contributed by atoms with Crippen molar-refractivity contribution >= 4 is 12.6 Å². The van der Waals surface area contributed by atoms with Gasteiger partial charge in [0.2, 0.25) is 0 Å². The fraction of sp³-hybridized carbons (Fsp3) is 0.200. The van der Waals surface area contributed by atoms with E-state index in [0.717, 1.165) is 23.6 Å². The van der Waals surface area contributed by atoms with Gasteiger partial charge in [-0.1, -0.05) is 23.4 Å². The standard InChI is InChI=1S/C10H11N3S/c14-7-6-9-8-13(12-11-9)10-4-2-1-3-5-10/h1-5,8,14H,6-7H2. The lowest BCUT2D eigenvalue weighted by Crippen LogP contribution is -1.93. The van der Waals surface area contributed by atoms with Gasteiger partial charge in [-0.3, -0.25) is 0 Å². The molecular weight excluding hydrogens is 194 g/mol. The summed E-state index contributed by atoms with van der Waals surface area (Å²) in [4.78, 5) is 0. The minimum atomic E-state index is 0.799. The Morgan fingerprint density at radius 3 is 2.71 bits per heavy atom. The predicted molar refractivity (Wildman–Crippen MR) is 58.9 cm³/mol. The first kappa shape index (κ1) is 9.27. The molecule has 0 atom stereocenters. The molecule has 0 unspecified atom stereocenters. The van der Waals surface area contributed by atoms with Crippen LogP contribution < -0.4 is 0 Å². The summed E-state index contributed by atoms with van der Waals surface area (Å²) in [6.45, 7) is 0. The van der Waals surface area contributed by atoms with Gasteiger partial charge in [-0.25, -0.2) is 4.68 Å². The number of hydrogen-bond donors (Lipinski definition) is 1. The van der Waals surface area contributed by atoms with Crippen molar-refractivity contribution in [3.05, 3.63) is 42.2 Å². The fourth-order valence-corrected chi connectivity index (χ4v) is 1.46. The van der Waals surface area contributed by atoms with Crippen molar-refractivity contribution in [2.75, 3.05) is 5.75 Å². The molecule has 0 radical (unpaired) electrons. The van der Waals surface area contributed by atoms with Crippen LogP contribution in [0.3, 0.4) is 0 Å². The van der Waals surface area contributed by atoms with Crippen LogP contribution in [0.15, 0.2) is 36.5 Å². The normalized spacial score (nSPS) is 10.4. The Morgan fingerprint density at radius 2 is 2.00 bits per heavy atom. The Morgan fingerprint density at radius 1 is 1.21 bits per heavy atom. The highest BCUT2D eigenvalue weighted by molar-refractivity contribution is 7.80. The summed E-state index contributed by atoms with van der Waals surface area (Å²) in [5, 5.41) is 8.08. The number of aryl methyl sites for hydroxylation is 1. The Hall–Kier alpha value is -1.29. The van der Waals surface area contributed by atoms with Crippen LogP contribution in [0.2, 0.25) is 0 Å². The van der Waals surface area contributed by atoms with E-state index in [1.165, 1.54) is 0 Å². The number of hydrogen-bond acceptors (Lipinski definition) is 3. The Balaban J connectivity index is 2.25. The SMILES string of the molecule is SCCc1cn(-c2ccccc2)nn1. The Kier molecular flexibility index (Phi) is 2.84. The van der Waals surface area contributed by atoms with E-state index in [4.69, 9.17) is 0 Å². The zero-order valence-corrected chi connectivity index (χ0v) is 8.56. The molecule has 72 valence electrons. The topological polar surface area (TPSA) is 30.7 Å². The minimum Gasteiger partial charge on any atom is -0.220 e.